The molecular formula is C31H34N6O2. The Morgan fingerprint density at radius 2 is 1.97 bits per heavy atom. The number of carbonyl (C=O) groups is 1. The van der Waals surface area contributed by atoms with E-state index in [0.717, 1.165) is 85.1 Å². The summed E-state index contributed by atoms with van der Waals surface area (Å²) in [6.45, 7) is 2.86. The number of benzene rings is 1. The van der Waals surface area contributed by atoms with Crippen molar-refractivity contribution in [2.45, 2.75) is 51.1 Å². The number of aromatic nitrogens is 3. The summed E-state index contributed by atoms with van der Waals surface area (Å²) in [4.78, 5) is 25.0. The number of nitrogens with one attached hydrogen (secondary N) is 2. The first-order valence-corrected chi connectivity index (χ1v) is 14.0. The largest absolute Gasteiger partial charge is 0.381 e. The average Bonchev–Trinajstić information content (AvgIpc) is 3.67. The highest BCUT2D eigenvalue weighted by molar-refractivity contribution is 6.06. The Bertz CT molecular complexity index is 1580. The third-order valence-corrected chi connectivity index (χ3v) is 8.36. The lowest BCUT2D eigenvalue weighted by Gasteiger charge is -2.25. The fraction of sp³-hybridized carbons (Fsp3) is 0.387. The molecule has 0 spiro atoms. The minimum absolute atomic E-state index is 0.0589. The summed E-state index contributed by atoms with van der Waals surface area (Å²) < 4.78 is 7.77. The molecule has 1 aromatic carbocycles. The van der Waals surface area contributed by atoms with Crippen LogP contribution >= 0.6 is 0 Å². The monoisotopic (exact) mass is 522 g/mol. The van der Waals surface area contributed by atoms with Crippen molar-refractivity contribution < 1.29 is 9.53 Å². The van der Waals surface area contributed by atoms with Gasteiger partial charge in [-0.2, -0.15) is 0 Å². The Balaban J connectivity index is 1.25. The van der Waals surface area contributed by atoms with E-state index in [9.17, 15) is 4.79 Å². The van der Waals surface area contributed by atoms with E-state index in [4.69, 9.17) is 14.7 Å². The van der Waals surface area contributed by atoms with Crippen LogP contribution < -0.4 is 10.6 Å². The quantitative estimate of drug-likeness (QED) is 0.378. The maximum Gasteiger partial charge on any atom is 0.254 e. The molecule has 1 saturated heterocycles. The van der Waals surface area contributed by atoms with Crippen LogP contribution in [0.2, 0.25) is 0 Å². The molecule has 0 bridgehead atoms. The second-order valence-electron chi connectivity index (χ2n) is 11.2. The number of hydrogen-bond donors (Lipinski definition) is 2. The molecule has 2 aliphatic heterocycles. The summed E-state index contributed by atoms with van der Waals surface area (Å²) in [7, 11) is 4.14. The number of amides is 1. The first kappa shape index (κ1) is 24.3. The number of ether oxygens (including phenoxy) is 1. The Hall–Kier alpha value is -3.75. The van der Waals surface area contributed by atoms with Crippen molar-refractivity contribution in [1.29, 1.82) is 0 Å². The van der Waals surface area contributed by atoms with Crippen LogP contribution in [0.1, 0.15) is 63.5 Å². The van der Waals surface area contributed by atoms with Crippen molar-refractivity contribution >= 4 is 23.1 Å². The van der Waals surface area contributed by atoms with E-state index in [-0.39, 0.29) is 5.91 Å². The van der Waals surface area contributed by atoms with Gasteiger partial charge in [-0.25, -0.2) is 9.97 Å². The predicted molar refractivity (Wildman–Crippen MR) is 152 cm³/mol. The molecule has 1 amide bonds. The Morgan fingerprint density at radius 3 is 2.82 bits per heavy atom. The summed E-state index contributed by atoms with van der Waals surface area (Å²) >= 11 is 0. The average molecular weight is 523 g/mol. The Kier molecular flexibility index (Phi) is 6.09. The maximum atomic E-state index is 13.1. The number of rotatable bonds is 6. The van der Waals surface area contributed by atoms with Crippen LogP contribution in [0.15, 0.2) is 42.7 Å². The number of aryl methyl sites for hydroxylation is 2. The van der Waals surface area contributed by atoms with Gasteiger partial charge in [-0.05, 0) is 92.6 Å². The molecule has 2 N–H and O–H groups in total. The zero-order valence-electron chi connectivity index (χ0n) is 22.6. The highest BCUT2D eigenvalue weighted by atomic mass is 16.5. The fourth-order valence-corrected chi connectivity index (χ4v) is 6.45. The molecule has 0 unspecified atom stereocenters. The van der Waals surface area contributed by atoms with Crippen LogP contribution in [0.25, 0.3) is 16.9 Å². The zero-order chi connectivity index (χ0) is 26.5. The SMILES string of the molecule is CN(C)Cc1nc(Nc2ccc(-c3cnc4cc5c(cn34)CCC5)c3c2C(=O)NC3)ccc1C1CCOCC1. The van der Waals surface area contributed by atoms with Gasteiger partial charge in [-0.3, -0.25) is 9.20 Å². The molecule has 3 aliphatic rings. The van der Waals surface area contributed by atoms with E-state index in [1.165, 1.54) is 23.1 Å². The first-order chi connectivity index (χ1) is 19.0. The number of imidazole rings is 1. The summed E-state index contributed by atoms with van der Waals surface area (Å²) in [5.41, 5.74) is 10.7. The highest BCUT2D eigenvalue weighted by Crippen LogP contribution is 2.37. The molecule has 1 aliphatic carbocycles. The lowest BCUT2D eigenvalue weighted by Crippen LogP contribution is -2.19. The van der Waals surface area contributed by atoms with Crippen LogP contribution in [0, 0.1) is 0 Å². The molecule has 8 heteroatoms. The van der Waals surface area contributed by atoms with E-state index in [1.54, 1.807) is 0 Å². The molecule has 200 valence electrons. The van der Waals surface area contributed by atoms with E-state index in [2.05, 4.69) is 58.4 Å². The predicted octanol–water partition coefficient (Wildman–Crippen LogP) is 4.83. The number of anilines is 2. The summed E-state index contributed by atoms with van der Waals surface area (Å²) in [5, 5.41) is 6.53. The van der Waals surface area contributed by atoms with Crippen LogP contribution in [-0.2, 0) is 30.7 Å². The lowest BCUT2D eigenvalue weighted by molar-refractivity contribution is 0.0849. The van der Waals surface area contributed by atoms with Crippen LogP contribution in [0.4, 0.5) is 11.5 Å². The summed E-state index contributed by atoms with van der Waals surface area (Å²) in [5.74, 6) is 1.16. The minimum Gasteiger partial charge on any atom is -0.381 e. The van der Waals surface area contributed by atoms with Gasteiger partial charge in [-0.15, -0.1) is 0 Å². The van der Waals surface area contributed by atoms with Crippen molar-refractivity contribution in [3.63, 3.8) is 0 Å². The van der Waals surface area contributed by atoms with Crippen LogP contribution in [-0.4, -0.2) is 52.5 Å². The Morgan fingerprint density at radius 1 is 1.13 bits per heavy atom. The van der Waals surface area contributed by atoms with Gasteiger partial charge in [0.05, 0.1) is 28.8 Å². The van der Waals surface area contributed by atoms with E-state index in [1.807, 2.05) is 18.3 Å². The number of fused-ring (bicyclic) bond motifs is 3. The smallest absolute Gasteiger partial charge is 0.254 e. The number of pyridine rings is 2. The fourth-order valence-electron chi connectivity index (χ4n) is 6.45. The molecule has 3 aromatic heterocycles. The third kappa shape index (κ3) is 4.37. The van der Waals surface area contributed by atoms with Crippen LogP contribution in [0.3, 0.4) is 0 Å². The van der Waals surface area contributed by atoms with Crippen molar-refractivity contribution in [2.75, 3.05) is 32.6 Å². The molecule has 5 heterocycles. The molecule has 39 heavy (non-hydrogen) atoms. The molecule has 1 fully saturated rings. The number of hydrogen-bond acceptors (Lipinski definition) is 6. The van der Waals surface area contributed by atoms with Gasteiger partial charge in [-0.1, -0.05) is 12.1 Å². The molecule has 4 aromatic rings. The van der Waals surface area contributed by atoms with Crippen molar-refractivity contribution in [3.8, 4) is 11.3 Å². The molecule has 0 radical (unpaired) electrons. The number of nitrogens with zero attached hydrogens (tertiary/aromatic N) is 4. The maximum absolute atomic E-state index is 13.1. The molecule has 0 saturated carbocycles. The van der Waals surface area contributed by atoms with Gasteiger partial charge < -0.3 is 20.3 Å². The normalized spacial score (nSPS) is 17.1. The second-order valence-corrected chi connectivity index (χ2v) is 11.2. The summed E-state index contributed by atoms with van der Waals surface area (Å²) in [6.07, 6.45) is 9.65. The minimum atomic E-state index is -0.0589. The van der Waals surface area contributed by atoms with Gasteiger partial charge in [0.25, 0.3) is 5.91 Å². The topological polar surface area (TPSA) is 83.8 Å². The molecular weight excluding hydrogens is 488 g/mol. The highest BCUT2D eigenvalue weighted by Gasteiger charge is 2.28. The van der Waals surface area contributed by atoms with Gasteiger partial charge >= 0.3 is 0 Å². The molecule has 7 rings (SSSR count). The summed E-state index contributed by atoms with van der Waals surface area (Å²) in [6, 6.07) is 10.6. The lowest BCUT2D eigenvalue weighted by atomic mass is 9.90. The van der Waals surface area contributed by atoms with Gasteiger partial charge in [0.2, 0.25) is 0 Å². The molecule has 0 atom stereocenters. The van der Waals surface area contributed by atoms with Crippen LogP contribution in [0.5, 0.6) is 0 Å². The standard InChI is InChI=1S/C31H34N6O2/c1-36(2)18-26-22(19-10-12-39-13-11-19)7-9-28(35-26)34-25-8-6-23(24-15-33-31(38)30(24)25)27-16-32-29-14-20-4-3-5-21(20)17-37(27)29/h6-9,14,16-17,19H,3-5,10-13,15,18H2,1-2H3,(H,33,38)(H,34,35). The van der Waals surface area contributed by atoms with Gasteiger partial charge in [0.1, 0.15) is 11.5 Å². The van der Waals surface area contributed by atoms with E-state index < -0.39 is 0 Å². The second kappa shape index (κ2) is 9.77. The van der Waals surface area contributed by atoms with Gasteiger partial charge in [0, 0.05) is 38.1 Å². The van der Waals surface area contributed by atoms with E-state index >= 15 is 0 Å². The third-order valence-electron chi connectivity index (χ3n) is 8.36. The zero-order valence-corrected chi connectivity index (χ0v) is 22.6. The van der Waals surface area contributed by atoms with E-state index in [0.29, 0.717) is 18.0 Å². The molecule has 8 nitrogen and oxygen atoms in total. The Labute approximate surface area is 228 Å². The van der Waals surface area contributed by atoms with Crippen molar-refractivity contribution in [2.24, 2.45) is 0 Å². The van der Waals surface area contributed by atoms with Crippen molar-refractivity contribution in [1.82, 2.24) is 24.6 Å². The van der Waals surface area contributed by atoms with Gasteiger partial charge in [0.15, 0.2) is 0 Å². The number of carbonyl (C=O) groups excluding carboxylic acids is 1. The first-order valence-electron chi connectivity index (χ1n) is 14.0. The van der Waals surface area contributed by atoms with Crippen molar-refractivity contribution in [3.05, 3.63) is 76.2 Å².